The second-order valence-electron chi connectivity index (χ2n) is 9.56. The van der Waals surface area contributed by atoms with E-state index in [-0.39, 0.29) is 12.5 Å². The van der Waals surface area contributed by atoms with Crippen molar-refractivity contribution in [1.29, 1.82) is 0 Å². The van der Waals surface area contributed by atoms with Crippen molar-refractivity contribution in [2.75, 3.05) is 0 Å². The fourth-order valence-electron chi connectivity index (χ4n) is 4.38. The van der Waals surface area contributed by atoms with Gasteiger partial charge in [0.2, 0.25) is 0 Å². The number of halogens is 1. The zero-order valence-corrected chi connectivity index (χ0v) is 21.4. The molecule has 0 spiro atoms. The van der Waals surface area contributed by atoms with Crippen LogP contribution in [-0.2, 0) is 35.1 Å². The van der Waals surface area contributed by atoms with Crippen molar-refractivity contribution in [2.24, 2.45) is 7.05 Å². The quantitative estimate of drug-likeness (QED) is 0.500. The molecule has 0 saturated carbocycles. The first-order valence-corrected chi connectivity index (χ1v) is 12.0. The number of nitrogens with zero attached hydrogens (tertiary/aromatic N) is 2. The molecule has 178 valence electrons. The summed E-state index contributed by atoms with van der Waals surface area (Å²) >= 11 is 3.50. The van der Waals surface area contributed by atoms with E-state index in [9.17, 15) is 9.59 Å². The van der Waals surface area contributed by atoms with Gasteiger partial charge in [-0.2, -0.15) is 5.10 Å². The Kier molecular flexibility index (Phi) is 6.53. The third-order valence-electron chi connectivity index (χ3n) is 5.79. The summed E-state index contributed by atoms with van der Waals surface area (Å²) in [7, 11) is 1.86. The van der Waals surface area contributed by atoms with E-state index in [0.29, 0.717) is 12.8 Å². The summed E-state index contributed by atoms with van der Waals surface area (Å²) in [5.74, 6) is -0.276. The Balaban J connectivity index is 1.62. The predicted octanol–water partition coefficient (Wildman–Crippen LogP) is 4.83. The number of hydrogen-bond donors (Lipinski definition) is 2. The van der Waals surface area contributed by atoms with Crippen LogP contribution >= 0.6 is 15.9 Å². The van der Waals surface area contributed by atoms with Crippen molar-refractivity contribution < 1.29 is 14.3 Å². The zero-order chi connectivity index (χ0) is 24.5. The van der Waals surface area contributed by atoms with Gasteiger partial charge in [0.05, 0.1) is 5.69 Å². The average Bonchev–Trinajstić information content (AvgIpc) is 3.32. The highest BCUT2D eigenvalue weighted by atomic mass is 79.9. The molecule has 0 bridgehead atoms. The number of ether oxygens (including phenoxy) is 1. The second kappa shape index (κ2) is 9.25. The van der Waals surface area contributed by atoms with E-state index in [1.807, 2.05) is 61.8 Å². The summed E-state index contributed by atoms with van der Waals surface area (Å²) in [5.41, 5.74) is 2.60. The fourth-order valence-corrected chi connectivity index (χ4v) is 4.78. The number of aryl methyl sites for hydroxylation is 2. The molecule has 1 unspecified atom stereocenters. The van der Waals surface area contributed by atoms with Crippen molar-refractivity contribution in [3.8, 4) is 11.3 Å². The lowest BCUT2D eigenvalue weighted by Crippen LogP contribution is -2.55. The normalized spacial score (nSPS) is 17.2. The Morgan fingerprint density at radius 2 is 1.91 bits per heavy atom. The van der Waals surface area contributed by atoms with Crippen LogP contribution in [-0.4, -0.2) is 27.4 Å². The molecule has 0 saturated heterocycles. The molecule has 3 aromatic rings. The maximum absolute atomic E-state index is 13.7. The first-order valence-electron chi connectivity index (χ1n) is 11.2. The lowest BCUT2D eigenvalue weighted by Gasteiger charge is -2.31. The summed E-state index contributed by atoms with van der Waals surface area (Å²) in [6.07, 6.45) is 2.39. The van der Waals surface area contributed by atoms with Gasteiger partial charge >= 0.3 is 6.09 Å². The molecule has 4 rings (SSSR count). The summed E-state index contributed by atoms with van der Waals surface area (Å²) in [6, 6.07) is 15.6. The summed E-state index contributed by atoms with van der Waals surface area (Å²) in [5, 5.41) is 10.5. The third kappa shape index (κ3) is 5.01. The lowest BCUT2D eigenvalue weighted by atomic mass is 9.90. The van der Waals surface area contributed by atoms with Crippen LogP contribution in [0.15, 0.2) is 59.2 Å². The molecular formula is C26H29BrN4O3. The van der Waals surface area contributed by atoms with Gasteiger partial charge in [-0.3, -0.25) is 9.48 Å². The van der Waals surface area contributed by atoms with Crippen LogP contribution < -0.4 is 10.6 Å². The molecular weight excluding hydrogens is 496 g/mol. The first kappa shape index (κ1) is 24.0. The number of alkyl carbamates (subject to hydrolysis) is 1. The largest absolute Gasteiger partial charge is 0.444 e. The lowest BCUT2D eigenvalue weighted by molar-refractivity contribution is -0.128. The number of rotatable bonds is 5. The topological polar surface area (TPSA) is 85.2 Å². The molecule has 0 fully saturated rings. The van der Waals surface area contributed by atoms with Crippen LogP contribution in [0, 0.1) is 0 Å². The number of carbonyl (C=O) groups excluding carboxylic acids is 2. The van der Waals surface area contributed by atoms with Gasteiger partial charge in [-0.05, 0) is 56.9 Å². The number of aromatic nitrogens is 2. The molecule has 1 atom stereocenters. The molecule has 0 radical (unpaired) electrons. The molecule has 2 amide bonds. The van der Waals surface area contributed by atoms with E-state index < -0.39 is 17.2 Å². The minimum atomic E-state index is -1.21. The first-order chi connectivity index (χ1) is 16.1. The monoisotopic (exact) mass is 524 g/mol. The Morgan fingerprint density at radius 1 is 1.18 bits per heavy atom. The van der Waals surface area contributed by atoms with E-state index in [1.165, 1.54) is 0 Å². The highest BCUT2D eigenvalue weighted by Crippen LogP contribution is 2.39. The van der Waals surface area contributed by atoms with Crippen molar-refractivity contribution in [3.63, 3.8) is 0 Å². The molecule has 1 aliphatic carbocycles. The fraction of sp³-hybridized carbons (Fsp3) is 0.346. The molecule has 1 aromatic heterocycles. The number of carbonyl (C=O) groups is 2. The SMILES string of the molecule is Cn1cc(CNC(=O)C2(NC(=O)OC(C)(C)C)CCc3cc(Br)ccc32)c(-c2ccccc2)n1. The molecule has 1 aliphatic rings. The van der Waals surface area contributed by atoms with E-state index in [1.54, 1.807) is 25.5 Å². The number of fused-ring (bicyclic) bond motifs is 1. The number of benzene rings is 2. The van der Waals surface area contributed by atoms with Crippen molar-refractivity contribution in [3.05, 3.63) is 75.9 Å². The molecule has 1 heterocycles. The molecule has 7 nitrogen and oxygen atoms in total. The average molecular weight is 525 g/mol. The maximum Gasteiger partial charge on any atom is 0.408 e. The van der Waals surface area contributed by atoms with Crippen molar-refractivity contribution in [2.45, 2.75) is 51.3 Å². The van der Waals surface area contributed by atoms with Crippen molar-refractivity contribution >= 4 is 27.9 Å². The van der Waals surface area contributed by atoms with Gasteiger partial charge in [-0.15, -0.1) is 0 Å². The highest BCUT2D eigenvalue weighted by Gasteiger charge is 2.47. The van der Waals surface area contributed by atoms with Gasteiger partial charge in [0.15, 0.2) is 0 Å². The minimum Gasteiger partial charge on any atom is -0.444 e. The highest BCUT2D eigenvalue weighted by molar-refractivity contribution is 9.10. The van der Waals surface area contributed by atoms with Gasteiger partial charge in [0.1, 0.15) is 11.1 Å². The van der Waals surface area contributed by atoms with Gasteiger partial charge in [-0.1, -0.05) is 52.3 Å². The zero-order valence-electron chi connectivity index (χ0n) is 19.8. The second-order valence-corrected chi connectivity index (χ2v) is 10.5. The van der Waals surface area contributed by atoms with Crippen molar-refractivity contribution in [1.82, 2.24) is 20.4 Å². The molecule has 0 aliphatic heterocycles. The Morgan fingerprint density at radius 3 is 2.62 bits per heavy atom. The van der Waals surface area contributed by atoms with Gasteiger partial charge in [0, 0.05) is 35.4 Å². The van der Waals surface area contributed by atoms with E-state index in [4.69, 9.17) is 4.74 Å². The molecule has 2 N–H and O–H groups in total. The Hall–Kier alpha value is -3.13. The molecule has 8 heteroatoms. The van der Waals surface area contributed by atoms with E-state index in [2.05, 4.69) is 31.7 Å². The number of nitrogens with one attached hydrogen (secondary N) is 2. The van der Waals surface area contributed by atoms with Crippen LogP contribution in [0.25, 0.3) is 11.3 Å². The summed E-state index contributed by atoms with van der Waals surface area (Å²) in [4.78, 5) is 26.5. The van der Waals surface area contributed by atoms with Gasteiger partial charge < -0.3 is 15.4 Å². The van der Waals surface area contributed by atoms with E-state index >= 15 is 0 Å². The third-order valence-corrected chi connectivity index (χ3v) is 6.28. The number of amides is 2. The molecule has 2 aromatic carbocycles. The van der Waals surface area contributed by atoms with Gasteiger partial charge in [-0.25, -0.2) is 4.79 Å². The Labute approximate surface area is 208 Å². The smallest absolute Gasteiger partial charge is 0.408 e. The van der Waals surface area contributed by atoms with Crippen LogP contribution in [0.5, 0.6) is 0 Å². The number of hydrogen-bond acceptors (Lipinski definition) is 4. The summed E-state index contributed by atoms with van der Waals surface area (Å²) < 4.78 is 8.17. The Bertz CT molecular complexity index is 1220. The standard InChI is InChI=1S/C26H29BrN4O3/c1-25(2,3)34-24(33)29-26(13-12-18-14-20(27)10-11-21(18)26)23(32)28-15-19-16-31(4)30-22(19)17-8-6-5-7-9-17/h5-11,14,16H,12-13,15H2,1-4H3,(H,28,32)(H,29,33). The minimum absolute atomic E-state index is 0.276. The van der Waals surface area contributed by atoms with Crippen LogP contribution in [0.1, 0.15) is 43.9 Å². The van der Waals surface area contributed by atoms with Crippen LogP contribution in [0.3, 0.4) is 0 Å². The molecule has 34 heavy (non-hydrogen) atoms. The predicted molar refractivity (Wildman–Crippen MR) is 134 cm³/mol. The van der Waals surface area contributed by atoms with Gasteiger partial charge in [0.25, 0.3) is 5.91 Å². The maximum atomic E-state index is 13.7. The van der Waals surface area contributed by atoms with Crippen LogP contribution in [0.2, 0.25) is 0 Å². The summed E-state index contributed by atoms with van der Waals surface area (Å²) in [6.45, 7) is 5.67. The van der Waals surface area contributed by atoms with E-state index in [0.717, 1.165) is 32.4 Å². The van der Waals surface area contributed by atoms with Crippen LogP contribution in [0.4, 0.5) is 4.79 Å².